The molecule has 0 fully saturated rings. The number of primary amides is 1. The van der Waals surface area contributed by atoms with E-state index in [4.69, 9.17) is 11.1 Å². The molecule has 4 rings (SSSR count). The van der Waals surface area contributed by atoms with Crippen LogP contribution in [0.1, 0.15) is 27.0 Å². The Morgan fingerprint density at radius 1 is 0.892 bits per heavy atom. The van der Waals surface area contributed by atoms with E-state index in [0.717, 1.165) is 23.0 Å². The maximum Gasteiger partial charge on any atom is 0.248 e. The Morgan fingerprint density at radius 2 is 1.54 bits per heavy atom. The molecule has 2 aromatic heterocycles. The monoisotopic (exact) mass is 494 g/mol. The third-order valence-electron chi connectivity index (χ3n) is 5.49. The van der Waals surface area contributed by atoms with Gasteiger partial charge in [0.25, 0.3) is 0 Å². The van der Waals surface area contributed by atoms with E-state index in [-0.39, 0.29) is 5.78 Å². The van der Waals surface area contributed by atoms with Gasteiger partial charge in [0.1, 0.15) is 17.4 Å². The van der Waals surface area contributed by atoms with Gasteiger partial charge in [0.05, 0.1) is 5.56 Å². The van der Waals surface area contributed by atoms with Crippen LogP contribution in [0.5, 0.6) is 0 Å². The number of benzene rings is 2. The highest BCUT2D eigenvalue weighted by atomic mass is 16.1. The molecule has 0 saturated heterocycles. The van der Waals surface area contributed by atoms with Gasteiger partial charge in [-0.2, -0.15) is 9.97 Å². The fraction of sp³-hybridized carbons (Fsp3) is 0.111. The third kappa shape index (κ3) is 6.51. The zero-order valence-electron chi connectivity index (χ0n) is 20.2. The Labute approximate surface area is 213 Å². The van der Waals surface area contributed by atoms with E-state index < -0.39 is 5.91 Å². The molecule has 1 amide bonds. The van der Waals surface area contributed by atoms with Crippen LogP contribution in [0.15, 0.2) is 73.1 Å². The molecule has 2 heterocycles. The van der Waals surface area contributed by atoms with E-state index >= 15 is 0 Å². The number of hydrogen-bond donors (Lipinski definition) is 5. The normalized spacial score (nSPS) is 10.4. The average molecular weight is 495 g/mol. The Hall–Kier alpha value is -5.12. The molecule has 0 radical (unpaired) electrons. The minimum absolute atomic E-state index is 0.109. The van der Waals surface area contributed by atoms with Crippen molar-refractivity contribution < 1.29 is 9.59 Å². The number of nitrogens with one attached hydrogen (secondary N) is 4. The van der Waals surface area contributed by atoms with Crippen molar-refractivity contribution in [3.8, 4) is 0 Å². The number of amides is 1. The van der Waals surface area contributed by atoms with Gasteiger partial charge in [0, 0.05) is 55.4 Å². The third-order valence-corrected chi connectivity index (χ3v) is 5.49. The molecule has 0 atom stereocenters. The highest BCUT2D eigenvalue weighted by molar-refractivity contribution is 5.94. The number of aromatic nitrogens is 3. The zero-order chi connectivity index (χ0) is 26.2. The van der Waals surface area contributed by atoms with E-state index in [2.05, 4.69) is 30.9 Å². The van der Waals surface area contributed by atoms with E-state index in [9.17, 15) is 9.59 Å². The van der Waals surface area contributed by atoms with Crippen LogP contribution in [0, 0.1) is 5.41 Å². The maximum atomic E-state index is 12.4. The number of Topliss-reactive ketones (excluding diaryl/α,β-unsaturated/α-hetero) is 1. The Bertz CT molecular complexity index is 1410. The molecule has 0 aliphatic carbocycles. The second-order valence-corrected chi connectivity index (χ2v) is 8.19. The van der Waals surface area contributed by atoms with Crippen molar-refractivity contribution >= 4 is 46.9 Å². The van der Waals surface area contributed by atoms with Crippen LogP contribution in [-0.4, -0.2) is 39.9 Å². The molecular weight excluding hydrogens is 468 g/mol. The van der Waals surface area contributed by atoms with Crippen molar-refractivity contribution in [2.45, 2.75) is 12.8 Å². The number of carbonyl (C=O) groups is 2. The summed E-state index contributed by atoms with van der Waals surface area (Å²) in [4.78, 5) is 36.8. The van der Waals surface area contributed by atoms with Gasteiger partial charge < -0.3 is 27.1 Å². The summed E-state index contributed by atoms with van der Waals surface area (Å²) in [6.07, 6.45) is 5.21. The van der Waals surface area contributed by atoms with Gasteiger partial charge in [0.15, 0.2) is 0 Å². The van der Waals surface area contributed by atoms with Crippen LogP contribution in [0.3, 0.4) is 0 Å². The summed E-state index contributed by atoms with van der Waals surface area (Å²) >= 11 is 0. The first-order valence-corrected chi connectivity index (χ1v) is 11.5. The summed E-state index contributed by atoms with van der Waals surface area (Å²) in [5.41, 5.74) is 9.37. The predicted octanol–water partition coefficient (Wildman–Crippen LogP) is 3.85. The summed E-state index contributed by atoms with van der Waals surface area (Å²) in [5, 5.41) is 17.2. The molecule has 6 N–H and O–H groups in total. The van der Waals surface area contributed by atoms with Gasteiger partial charge in [-0.1, -0.05) is 18.2 Å². The molecule has 2 aromatic carbocycles. The number of ketones is 1. The summed E-state index contributed by atoms with van der Waals surface area (Å²) in [7, 11) is 1.71. The fourth-order valence-corrected chi connectivity index (χ4v) is 3.66. The number of pyridine rings is 1. The molecule has 10 heteroatoms. The number of rotatable bonds is 11. The highest BCUT2D eigenvalue weighted by Gasteiger charge is 2.14. The zero-order valence-corrected chi connectivity index (χ0v) is 20.2. The van der Waals surface area contributed by atoms with Crippen LogP contribution in [-0.2, 0) is 17.6 Å². The van der Waals surface area contributed by atoms with E-state index in [0.29, 0.717) is 47.2 Å². The summed E-state index contributed by atoms with van der Waals surface area (Å²) in [5.74, 6) is 0.772. The number of anilines is 5. The molecule has 186 valence electrons. The second-order valence-electron chi connectivity index (χ2n) is 8.19. The van der Waals surface area contributed by atoms with E-state index in [1.807, 2.05) is 36.4 Å². The molecule has 0 saturated carbocycles. The lowest BCUT2D eigenvalue weighted by Crippen LogP contribution is -2.11. The van der Waals surface area contributed by atoms with Crippen molar-refractivity contribution in [2.24, 2.45) is 5.73 Å². The first-order valence-electron chi connectivity index (χ1n) is 11.5. The molecule has 0 unspecified atom stereocenters. The molecule has 4 aromatic rings. The van der Waals surface area contributed by atoms with Gasteiger partial charge in [0.2, 0.25) is 11.9 Å². The minimum atomic E-state index is -0.512. The van der Waals surface area contributed by atoms with E-state index in [1.165, 1.54) is 0 Å². The fourth-order valence-electron chi connectivity index (χ4n) is 3.66. The van der Waals surface area contributed by atoms with Crippen LogP contribution in [0.25, 0.3) is 0 Å². The van der Waals surface area contributed by atoms with Crippen LogP contribution >= 0.6 is 0 Å². The first-order chi connectivity index (χ1) is 17.9. The van der Waals surface area contributed by atoms with Gasteiger partial charge >= 0.3 is 0 Å². The second kappa shape index (κ2) is 11.5. The van der Waals surface area contributed by atoms with Gasteiger partial charge in [-0.3, -0.25) is 14.6 Å². The van der Waals surface area contributed by atoms with Crippen molar-refractivity contribution in [3.05, 3.63) is 95.3 Å². The summed E-state index contributed by atoms with van der Waals surface area (Å²) < 4.78 is 0. The average Bonchev–Trinajstić information content (AvgIpc) is 2.90. The van der Waals surface area contributed by atoms with Crippen LogP contribution in [0.2, 0.25) is 0 Å². The van der Waals surface area contributed by atoms with Gasteiger partial charge in [-0.25, -0.2) is 0 Å². The molecule has 37 heavy (non-hydrogen) atoms. The number of nitrogens with two attached hydrogens (primary N) is 1. The number of hydrogen-bond acceptors (Lipinski definition) is 9. The van der Waals surface area contributed by atoms with Crippen LogP contribution in [0.4, 0.5) is 29.0 Å². The summed E-state index contributed by atoms with van der Waals surface area (Å²) in [6, 6.07) is 17.8. The SMILES string of the molecule is CNc1nc(Nc2ccc(CC(=O)Cc3cccnc3)cc2)nc(Nc2ccc(C(N)=O)cc2)c1C=N. The smallest absolute Gasteiger partial charge is 0.248 e. The Morgan fingerprint density at radius 3 is 2.16 bits per heavy atom. The van der Waals surface area contributed by atoms with Crippen LogP contribution < -0.4 is 21.7 Å². The lowest BCUT2D eigenvalue weighted by Gasteiger charge is -2.15. The molecule has 0 aliphatic heterocycles. The molecule has 0 spiro atoms. The summed E-state index contributed by atoms with van der Waals surface area (Å²) in [6.45, 7) is 0. The van der Waals surface area contributed by atoms with Crippen molar-refractivity contribution in [1.82, 2.24) is 15.0 Å². The van der Waals surface area contributed by atoms with Gasteiger partial charge in [-0.05, 0) is 53.6 Å². The molecule has 0 aliphatic rings. The Balaban J connectivity index is 1.48. The minimum Gasteiger partial charge on any atom is -0.372 e. The predicted molar refractivity (Wildman–Crippen MR) is 144 cm³/mol. The Kier molecular flexibility index (Phi) is 7.79. The lowest BCUT2D eigenvalue weighted by atomic mass is 10.0. The number of carbonyl (C=O) groups excluding carboxylic acids is 2. The van der Waals surface area contributed by atoms with Gasteiger partial charge in [-0.15, -0.1) is 0 Å². The topological polar surface area (TPSA) is 159 Å². The van der Waals surface area contributed by atoms with Crippen molar-refractivity contribution in [2.75, 3.05) is 23.0 Å². The lowest BCUT2D eigenvalue weighted by molar-refractivity contribution is -0.117. The quantitative estimate of drug-likeness (QED) is 0.197. The maximum absolute atomic E-state index is 12.4. The first kappa shape index (κ1) is 25.0. The molecule has 0 bridgehead atoms. The molecular formula is C27H26N8O2. The number of nitrogens with zero attached hydrogens (tertiary/aromatic N) is 3. The largest absolute Gasteiger partial charge is 0.372 e. The highest BCUT2D eigenvalue weighted by Crippen LogP contribution is 2.26. The van der Waals surface area contributed by atoms with Crippen molar-refractivity contribution in [1.29, 1.82) is 5.41 Å². The van der Waals surface area contributed by atoms with Crippen molar-refractivity contribution in [3.63, 3.8) is 0 Å². The molecule has 10 nitrogen and oxygen atoms in total. The standard InChI is InChI=1S/C27H26N8O2/c1-30-25-23(15-28)26(32-20-10-6-19(7-11-20)24(29)37)35-27(34-25)33-21-8-4-17(5-9-21)13-22(36)14-18-3-2-12-31-16-18/h2-12,15-16,28H,13-14H2,1H3,(H2,29,37)(H3,30,32,33,34,35). The van der Waals surface area contributed by atoms with E-state index in [1.54, 1.807) is 43.7 Å².